The zero-order valence-electron chi connectivity index (χ0n) is 15.7. The van der Waals surface area contributed by atoms with Crippen molar-refractivity contribution in [3.8, 4) is 0 Å². The van der Waals surface area contributed by atoms with Crippen molar-refractivity contribution < 1.29 is 14.3 Å². The summed E-state index contributed by atoms with van der Waals surface area (Å²) in [6.45, 7) is 6.16. The Morgan fingerprint density at radius 2 is 2.00 bits per heavy atom. The third-order valence-corrected chi connectivity index (χ3v) is 6.03. The van der Waals surface area contributed by atoms with E-state index in [1.165, 1.54) is 6.42 Å². The van der Waals surface area contributed by atoms with Crippen LogP contribution >= 0.6 is 0 Å². The molecule has 1 amide bonds. The number of piperidine rings is 2. The van der Waals surface area contributed by atoms with E-state index in [1.807, 2.05) is 17.0 Å². The quantitative estimate of drug-likeness (QED) is 0.831. The maximum Gasteiger partial charge on any atom is 0.272 e. The summed E-state index contributed by atoms with van der Waals surface area (Å²) in [6, 6.07) is 4.31. The van der Waals surface area contributed by atoms with E-state index in [-0.39, 0.29) is 11.7 Å². The zero-order chi connectivity index (χ0) is 18.0. The fourth-order valence-electron chi connectivity index (χ4n) is 4.46. The lowest BCUT2D eigenvalue weighted by molar-refractivity contribution is -0.169. The second kappa shape index (κ2) is 7.53. The van der Waals surface area contributed by atoms with E-state index in [2.05, 4.69) is 16.8 Å². The van der Waals surface area contributed by atoms with Gasteiger partial charge < -0.3 is 19.3 Å². The molecule has 6 nitrogen and oxygen atoms in total. The SMILES string of the molecule is CCC1CCCCN1C(=O)c1cc(N2CCC3(CC2)OCCO3)ccn1. The largest absolute Gasteiger partial charge is 0.371 e. The van der Waals surface area contributed by atoms with Crippen LogP contribution in [0.15, 0.2) is 18.3 Å². The highest BCUT2D eigenvalue weighted by Crippen LogP contribution is 2.33. The molecule has 1 unspecified atom stereocenters. The Morgan fingerprint density at radius 3 is 2.73 bits per heavy atom. The molecule has 3 aliphatic heterocycles. The number of aromatic nitrogens is 1. The number of nitrogens with zero attached hydrogens (tertiary/aromatic N) is 3. The fraction of sp³-hybridized carbons (Fsp3) is 0.700. The first-order valence-corrected chi connectivity index (χ1v) is 10.0. The summed E-state index contributed by atoms with van der Waals surface area (Å²) < 4.78 is 11.6. The number of carbonyl (C=O) groups excluding carboxylic acids is 1. The molecule has 3 fully saturated rings. The molecule has 0 saturated carbocycles. The molecule has 4 rings (SSSR count). The Labute approximate surface area is 155 Å². The molecule has 0 aliphatic carbocycles. The second-order valence-electron chi connectivity index (χ2n) is 7.55. The molecule has 0 aromatic carbocycles. The van der Waals surface area contributed by atoms with E-state index in [9.17, 15) is 4.79 Å². The lowest BCUT2D eigenvalue weighted by atomic mass is 9.99. The molecule has 6 heteroatoms. The van der Waals surface area contributed by atoms with Crippen molar-refractivity contribution in [3.05, 3.63) is 24.0 Å². The van der Waals surface area contributed by atoms with Crippen LogP contribution in [0.2, 0.25) is 0 Å². The topological polar surface area (TPSA) is 54.9 Å². The van der Waals surface area contributed by atoms with E-state index in [0.717, 1.165) is 57.4 Å². The average molecular weight is 359 g/mol. The number of anilines is 1. The van der Waals surface area contributed by atoms with Gasteiger partial charge in [0.25, 0.3) is 5.91 Å². The lowest BCUT2D eigenvalue weighted by Gasteiger charge is -2.39. The van der Waals surface area contributed by atoms with Crippen molar-refractivity contribution in [2.24, 2.45) is 0 Å². The van der Waals surface area contributed by atoms with Crippen molar-refractivity contribution in [3.63, 3.8) is 0 Å². The lowest BCUT2D eigenvalue weighted by Crippen LogP contribution is -2.45. The summed E-state index contributed by atoms with van der Waals surface area (Å²) >= 11 is 0. The van der Waals surface area contributed by atoms with Gasteiger partial charge >= 0.3 is 0 Å². The van der Waals surface area contributed by atoms with Gasteiger partial charge in [0.1, 0.15) is 5.69 Å². The number of likely N-dealkylation sites (tertiary alicyclic amines) is 1. The maximum absolute atomic E-state index is 13.0. The zero-order valence-corrected chi connectivity index (χ0v) is 15.7. The third-order valence-electron chi connectivity index (χ3n) is 6.03. The van der Waals surface area contributed by atoms with Crippen molar-refractivity contribution >= 4 is 11.6 Å². The van der Waals surface area contributed by atoms with Gasteiger partial charge in [-0.1, -0.05) is 6.92 Å². The van der Waals surface area contributed by atoms with Gasteiger partial charge in [0, 0.05) is 50.4 Å². The number of ether oxygens (including phenoxy) is 2. The highest BCUT2D eigenvalue weighted by Gasteiger charge is 2.40. The Kier molecular flexibility index (Phi) is 5.14. The van der Waals surface area contributed by atoms with Gasteiger partial charge in [-0.05, 0) is 37.8 Å². The van der Waals surface area contributed by atoms with Crippen LogP contribution in [0.4, 0.5) is 5.69 Å². The minimum atomic E-state index is -0.371. The normalized spacial score (nSPS) is 25.7. The molecule has 0 radical (unpaired) electrons. The predicted octanol–water partition coefficient (Wildman–Crippen LogP) is 2.83. The van der Waals surface area contributed by atoms with Crippen LogP contribution in [0.3, 0.4) is 0 Å². The first-order valence-electron chi connectivity index (χ1n) is 10.0. The number of carbonyl (C=O) groups is 1. The molecule has 1 aromatic heterocycles. The van der Waals surface area contributed by atoms with E-state index >= 15 is 0 Å². The van der Waals surface area contributed by atoms with Crippen molar-refractivity contribution in [1.29, 1.82) is 0 Å². The smallest absolute Gasteiger partial charge is 0.272 e. The summed E-state index contributed by atoms with van der Waals surface area (Å²) in [5.41, 5.74) is 1.64. The van der Waals surface area contributed by atoms with Crippen LogP contribution in [0, 0.1) is 0 Å². The minimum absolute atomic E-state index is 0.0781. The van der Waals surface area contributed by atoms with Crippen LogP contribution in [0.1, 0.15) is 55.9 Å². The first-order chi connectivity index (χ1) is 12.7. The van der Waals surface area contributed by atoms with Crippen molar-refractivity contribution in [1.82, 2.24) is 9.88 Å². The van der Waals surface area contributed by atoms with Gasteiger partial charge in [0.2, 0.25) is 0 Å². The molecule has 142 valence electrons. The number of pyridine rings is 1. The molecule has 3 aliphatic rings. The van der Waals surface area contributed by atoms with Crippen LogP contribution in [0.5, 0.6) is 0 Å². The molecule has 4 heterocycles. The van der Waals surface area contributed by atoms with Gasteiger partial charge in [-0.15, -0.1) is 0 Å². The number of hydrogen-bond acceptors (Lipinski definition) is 5. The van der Waals surface area contributed by atoms with Gasteiger partial charge in [-0.3, -0.25) is 9.78 Å². The number of rotatable bonds is 3. The summed E-state index contributed by atoms with van der Waals surface area (Å²) in [4.78, 5) is 21.7. The summed E-state index contributed by atoms with van der Waals surface area (Å²) in [7, 11) is 0. The molecule has 0 N–H and O–H groups in total. The first kappa shape index (κ1) is 17.7. The molecular weight excluding hydrogens is 330 g/mol. The van der Waals surface area contributed by atoms with E-state index in [1.54, 1.807) is 6.20 Å². The van der Waals surface area contributed by atoms with E-state index in [0.29, 0.717) is 24.9 Å². The third kappa shape index (κ3) is 3.45. The van der Waals surface area contributed by atoms with Crippen LogP contribution in [-0.2, 0) is 9.47 Å². The standard InChI is InChI=1S/C20H29N3O3/c1-2-16-5-3-4-10-23(16)19(24)18-15-17(6-9-21-18)22-11-7-20(8-12-22)25-13-14-26-20/h6,9,15-16H,2-5,7-8,10-14H2,1H3. The maximum atomic E-state index is 13.0. The highest BCUT2D eigenvalue weighted by atomic mass is 16.7. The number of amides is 1. The fourth-order valence-corrected chi connectivity index (χ4v) is 4.46. The summed E-state index contributed by atoms with van der Waals surface area (Å²) in [5.74, 6) is -0.293. The van der Waals surface area contributed by atoms with E-state index < -0.39 is 0 Å². The molecule has 1 spiro atoms. The summed E-state index contributed by atoms with van der Waals surface area (Å²) in [6.07, 6.45) is 7.92. The van der Waals surface area contributed by atoms with Crippen molar-refractivity contribution in [2.45, 2.75) is 57.3 Å². The average Bonchev–Trinajstić information content (AvgIpc) is 3.16. The highest BCUT2D eigenvalue weighted by molar-refractivity contribution is 5.93. The predicted molar refractivity (Wildman–Crippen MR) is 99.3 cm³/mol. The van der Waals surface area contributed by atoms with E-state index in [4.69, 9.17) is 9.47 Å². The van der Waals surface area contributed by atoms with Crippen molar-refractivity contribution in [2.75, 3.05) is 37.7 Å². The monoisotopic (exact) mass is 359 g/mol. The van der Waals surface area contributed by atoms with Crippen LogP contribution < -0.4 is 4.90 Å². The Balaban J connectivity index is 1.45. The Morgan fingerprint density at radius 1 is 1.23 bits per heavy atom. The van der Waals surface area contributed by atoms with Crippen LogP contribution in [0.25, 0.3) is 0 Å². The molecule has 26 heavy (non-hydrogen) atoms. The molecule has 1 atom stereocenters. The summed E-state index contributed by atoms with van der Waals surface area (Å²) in [5, 5.41) is 0. The Bertz CT molecular complexity index is 635. The number of hydrogen-bond donors (Lipinski definition) is 0. The van der Waals surface area contributed by atoms with Gasteiger partial charge in [0.15, 0.2) is 5.79 Å². The molecule has 1 aromatic rings. The molecular formula is C20H29N3O3. The van der Waals surface area contributed by atoms with Gasteiger partial charge in [0.05, 0.1) is 13.2 Å². The van der Waals surface area contributed by atoms with Gasteiger partial charge in [-0.2, -0.15) is 0 Å². The van der Waals surface area contributed by atoms with Gasteiger partial charge in [-0.25, -0.2) is 0 Å². The molecule has 0 bridgehead atoms. The molecule has 3 saturated heterocycles. The van der Waals surface area contributed by atoms with Crippen LogP contribution in [-0.4, -0.2) is 60.5 Å². The Hall–Kier alpha value is -1.66. The minimum Gasteiger partial charge on any atom is -0.371 e. The second-order valence-corrected chi connectivity index (χ2v) is 7.55.